The lowest BCUT2D eigenvalue weighted by molar-refractivity contribution is 0.432. The van der Waals surface area contributed by atoms with Crippen molar-refractivity contribution in [3.05, 3.63) is 58.3 Å². The fourth-order valence-corrected chi connectivity index (χ4v) is 1.99. The summed E-state index contributed by atoms with van der Waals surface area (Å²) in [6.07, 6.45) is 0. The SMILES string of the molecule is O=c1c(F)c(-c2ccc(O)c(F)c2)oc2ccc(O)cc12. The minimum atomic E-state index is -1.20. The molecular weight excluding hydrogens is 282 g/mol. The maximum Gasteiger partial charge on any atom is 0.229 e. The first-order valence-electron chi connectivity index (χ1n) is 5.91. The van der Waals surface area contributed by atoms with Crippen molar-refractivity contribution in [2.24, 2.45) is 0 Å². The summed E-state index contributed by atoms with van der Waals surface area (Å²) < 4.78 is 32.7. The number of benzene rings is 2. The average Bonchev–Trinajstić information content (AvgIpc) is 2.46. The number of rotatable bonds is 1. The van der Waals surface area contributed by atoms with Crippen molar-refractivity contribution in [3.8, 4) is 22.8 Å². The van der Waals surface area contributed by atoms with E-state index in [4.69, 9.17) is 9.52 Å². The molecule has 0 radical (unpaired) electrons. The van der Waals surface area contributed by atoms with Gasteiger partial charge in [0.2, 0.25) is 11.2 Å². The van der Waals surface area contributed by atoms with Gasteiger partial charge >= 0.3 is 0 Å². The van der Waals surface area contributed by atoms with E-state index in [-0.39, 0.29) is 22.3 Å². The summed E-state index contributed by atoms with van der Waals surface area (Å²) in [5.74, 6) is -3.37. The molecule has 6 heteroatoms. The highest BCUT2D eigenvalue weighted by molar-refractivity contribution is 5.80. The van der Waals surface area contributed by atoms with Gasteiger partial charge in [-0.15, -0.1) is 0 Å². The number of phenols is 2. The van der Waals surface area contributed by atoms with Gasteiger partial charge in [-0.25, -0.2) is 4.39 Å². The first-order chi connectivity index (χ1) is 9.97. The normalized spacial score (nSPS) is 11.0. The fourth-order valence-electron chi connectivity index (χ4n) is 1.99. The molecule has 0 aliphatic heterocycles. The highest BCUT2D eigenvalue weighted by Gasteiger charge is 2.17. The number of hydrogen-bond acceptors (Lipinski definition) is 4. The molecule has 0 spiro atoms. The largest absolute Gasteiger partial charge is 0.508 e. The molecule has 21 heavy (non-hydrogen) atoms. The Morgan fingerprint density at radius 3 is 2.48 bits per heavy atom. The Morgan fingerprint density at radius 2 is 1.76 bits per heavy atom. The maximum atomic E-state index is 14.1. The molecule has 3 aromatic rings. The predicted octanol–water partition coefficient (Wildman–Crippen LogP) is 3.15. The molecule has 2 N–H and O–H groups in total. The van der Waals surface area contributed by atoms with E-state index in [9.17, 15) is 18.7 Å². The van der Waals surface area contributed by atoms with E-state index in [2.05, 4.69) is 0 Å². The molecule has 0 saturated carbocycles. The quantitative estimate of drug-likeness (QED) is 0.722. The maximum absolute atomic E-state index is 14.1. The van der Waals surface area contributed by atoms with E-state index in [1.807, 2.05) is 0 Å². The molecule has 0 atom stereocenters. The van der Waals surface area contributed by atoms with Crippen LogP contribution in [0.15, 0.2) is 45.6 Å². The molecule has 0 aliphatic rings. The van der Waals surface area contributed by atoms with Crippen LogP contribution in [-0.2, 0) is 0 Å². The number of hydrogen-bond donors (Lipinski definition) is 2. The van der Waals surface area contributed by atoms with Crippen LogP contribution < -0.4 is 5.43 Å². The first kappa shape index (κ1) is 13.1. The van der Waals surface area contributed by atoms with E-state index in [0.717, 1.165) is 18.2 Å². The Hall–Kier alpha value is -2.89. The van der Waals surface area contributed by atoms with Crippen molar-refractivity contribution < 1.29 is 23.4 Å². The summed E-state index contributed by atoms with van der Waals surface area (Å²) in [6, 6.07) is 6.81. The molecule has 0 fully saturated rings. The van der Waals surface area contributed by atoms with Crippen molar-refractivity contribution >= 4 is 11.0 Å². The minimum Gasteiger partial charge on any atom is -0.508 e. The van der Waals surface area contributed by atoms with Gasteiger partial charge in [0.15, 0.2) is 17.3 Å². The molecule has 0 bridgehead atoms. The highest BCUT2D eigenvalue weighted by Crippen LogP contribution is 2.29. The Labute approximate surface area is 116 Å². The highest BCUT2D eigenvalue weighted by atomic mass is 19.1. The molecule has 0 unspecified atom stereocenters. The van der Waals surface area contributed by atoms with Gasteiger partial charge in [0.1, 0.15) is 11.3 Å². The zero-order valence-electron chi connectivity index (χ0n) is 10.4. The third-order valence-corrected chi connectivity index (χ3v) is 3.03. The second-order valence-corrected chi connectivity index (χ2v) is 4.42. The lowest BCUT2D eigenvalue weighted by Crippen LogP contribution is -2.08. The van der Waals surface area contributed by atoms with Crippen LogP contribution >= 0.6 is 0 Å². The predicted molar refractivity (Wildman–Crippen MR) is 71.2 cm³/mol. The Kier molecular flexibility index (Phi) is 2.86. The molecule has 4 nitrogen and oxygen atoms in total. The van der Waals surface area contributed by atoms with E-state index in [0.29, 0.717) is 0 Å². The van der Waals surface area contributed by atoms with E-state index < -0.39 is 28.6 Å². The summed E-state index contributed by atoms with van der Waals surface area (Å²) in [5, 5.41) is 18.3. The standard InChI is InChI=1S/C15H8F2O4/c16-10-5-7(1-3-11(10)19)15-13(17)14(20)9-6-8(18)2-4-12(9)21-15/h1-6,18-19H. The monoisotopic (exact) mass is 290 g/mol. The number of halogens is 2. The first-order valence-corrected chi connectivity index (χ1v) is 5.91. The van der Waals surface area contributed by atoms with Crippen LogP contribution in [0.3, 0.4) is 0 Å². The van der Waals surface area contributed by atoms with Crippen LogP contribution in [-0.4, -0.2) is 10.2 Å². The molecular formula is C15H8F2O4. The van der Waals surface area contributed by atoms with E-state index >= 15 is 0 Å². The van der Waals surface area contributed by atoms with Crippen molar-refractivity contribution in [3.63, 3.8) is 0 Å². The second-order valence-electron chi connectivity index (χ2n) is 4.42. The van der Waals surface area contributed by atoms with Crippen molar-refractivity contribution in [2.75, 3.05) is 0 Å². The van der Waals surface area contributed by atoms with Crippen LogP contribution in [0.25, 0.3) is 22.3 Å². The minimum absolute atomic E-state index is 0.0186. The molecule has 2 aromatic carbocycles. The third kappa shape index (κ3) is 2.10. The summed E-state index contributed by atoms with van der Waals surface area (Å²) in [7, 11) is 0. The Balaban J connectivity index is 2.33. The van der Waals surface area contributed by atoms with Crippen LogP contribution in [0, 0.1) is 11.6 Å². The number of phenolic OH excluding ortho intramolecular Hbond substituents is 2. The van der Waals surface area contributed by atoms with Gasteiger partial charge in [0.05, 0.1) is 5.39 Å². The fraction of sp³-hybridized carbons (Fsp3) is 0. The molecule has 0 aliphatic carbocycles. The summed E-state index contributed by atoms with van der Waals surface area (Å²) in [5.41, 5.74) is -0.923. The van der Waals surface area contributed by atoms with Gasteiger partial charge < -0.3 is 14.6 Å². The smallest absolute Gasteiger partial charge is 0.229 e. The second kappa shape index (κ2) is 4.59. The Morgan fingerprint density at radius 1 is 1.00 bits per heavy atom. The van der Waals surface area contributed by atoms with E-state index in [1.54, 1.807) is 0 Å². The van der Waals surface area contributed by atoms with Gasteiger partial charge in [-0.2, -0.15) is 4.39 Å². The molecule has 3 rings (SSSR count). The van der Waals surface area contributed by atoms with Crippen LogP contribution in [0.5, 0.6) is 11.5 Å². The number of aromatic hydroxyl groups is 2. The zero-order valence-corrected chi connectivity index (χ0v) is 10.4. The Bertz CT molecular complexity index is 915. The van der Waals surface area contributed by atoms with Gasteiger partial charge in [-0.1, -0.05) is 0 Å². The van der Waals surface area contributed by atoms with Crippen LogP contribution in [0.4, 0.5) is 8.78 Å². The van der Waals surface area contributed by atoms with Gasteiger partial charge in [-0.05, 0) is 36.4 Å². The van der Waals surface area contributed by atoms with Crippen molar-refractivity contribution in [2.45, 2.75) is 0 Å². The molecule has 106 valence electrons. The summed E-state index contributed by atoms with van der Waals surface area (Å²) in [6.45, 7) is 0. The van der Waals surface area contributed by atoms with Crippen molar-refractivity contribution in [1.82, 2.24) is 0 Å². The lowest BCUT2D eigenvalue weighted by atomic mass is 10.1. The molecule has 0 saturated heterocycles. The van der Waals surface area contributed by atoms with Crippen LogP contribution in [0.2, 0.25) is 0 Å². The molecule has 1 heterocycles. The number of fused-ring (bicyclic) bond motifs is 1. The van der Waals surface area contributed by atoms with Crippen molar-refractivity contribution in [1.29, 1.82) is 0 Å². The average molecular weight is 290 g/mol. The third-order valence-electron chi connectivity index (χ3n) is 3.03. The zero-order chi connectivity index (χ0) is 15.1. The molecule has 0 amide bonds. The van der Waals surface area contributed by atoms with Gasteiger partial charge in [0.25, 0.3) is 0 Å². The lowest BCUT2D eigenvalue weighted by Gasteiger charge is -2.06. The summed E-state index contributed by atoms with van der Waals surface area (Å²) in [4.78, 5) is 11.9. The van der Waals surface area contributed by atoms with Gasteiger partial charge in [-0.3, -0.25) is 4.79 Å². The topological polar surface area (TPSA) is 70.7 Å². The van der Waals surface area contributed by atoms with Gasteiger partial charge in [0, 0.05) is 5.56 Å². The van der Waals surface area contributed by atoms with Crippen LogP contribution in [0.1, 0.15) is 0 Å². The summed E-state index contributed by atoms with van der Waals surface area (Å²) >= 11 is 0. The van der Waals surface area contributed by atoms with E-state index in [1.165, 1.54) is 18.2 Å². The molecule has 1 aromatic heterocycles.